The SMILES string of the molecule is COc1ccc([C@@H](C)NC(=O)c2cc(N3CCN(C)CC3)ccc2C)cc1-c1cnn(C)c1C. The Hall–Kier alpha value is -3.32. The van der Waals surface area contributed by atoms with Gasteiger partial charge in [-0.25, -0.2) is 0 Å². The number of hydrogen-bond donors (Lipinski definition) is 1. The molecule has 2 heterocycles. The lowest BCUT2D eigenvalue weighted by atomic mass is 9.99. The van der Waals surface area contributed by atoms with Crippen LogP contribution in [-0.4, -0.2) is 60.9 Å². The molecule has 1 aromatic heterocycles. The van der Waals surface area contributed by atoms with Gasteiger partial charge in [0.2, 0.25) is 0 Å². The average molecular weight is 462 g/mol. The molecule has 0 saturated carbocycles. The average Bonchev–Trinajstić information content (AvgIpc) is 3.17. The van der Waals surface area contributed by atoms with Gasteiger partial charge in [0.25, 0.3) is 5.91 Å². The van der Waals surface area contributed by atoms with Crippen LogP contribution in [-0.2, 0) is 7.05 Å². The normalized spacial score (nSPS) is 15.3. The Kier molecular flexibility index (Phi) is 6.93. The summed E-state index contributed by atoms with van der Waals surface area (Å²) in [5.74, 6) is 0.727. The molecule has 1 N–H and O–H groups in total. The lowest BCUT2D eigenvalue weighted by Crippen LogP contribution is -2.44. The predicted octanol–water partition coefficient (Wildman–Crippen LogP) is 3.96. The maximum absolute atomic E-state index is 13.3. The Balaban J connectivity index is 1.56. The fraction of sp³-hybridized carbons (Fsp3) is 0.407. The van der Waals surface area contributed by atoms with Gasteiger partial charge in [0.05, 0.1) is 19.3 Å². The van der Waals surface area contributed by atoms with Crippen molar-refractivity contribution in [3.8, 4) is 16.9 Å². The van der Waals surface area contributed by atoms with E-state index in [1.807, 2.05) is 63.0 Å². The molecule has 1 amide bonds. The van der Waals surface area contributed by atoms with Gasteiger partial charge in [-0.1, -0.05) is 12.1 Å². The summed E-state index contributed by atoms with van der Waals surface area (Å²) < 4.78 is 7.46. The first-order valence-electron chi connectivity index (χ1n) is 11.8. The molecule has 0 spiro atoms. The van der Waals surface area contributed by atoms with Crippen LogP contribution in [0.2, 0.25) is 0 Å². The van der Waals surface area contributed by atoms with Crippen molar-refractivity contribution in [2.75, 3.05) is 45.2 Å². The smallest absolute Gasteiger partial charge is 0.252 e. The van der Waals surface area contributed by atoms with Gasteiger partial charge in [0.15, 0.2) is 0 Å². The number of likely N-dealkylation sites (N-methyl/N-ethyl adjacent to an activating group) is 1. The molecule has 34 heavy (non-hydrogen) atoms. The fourth-order valence-electron chi connectivity index (χ4n) is 4.44. The monoisotopic (exact) mass is 461 g/mol. The topological polar surface area (TPSA) is 62.6 Å². The Morgan fingerprint density at radius 2 is 1.76 bits per heavy atom. The Morgan fingerprint density at radius 3 is 2.41 bits per heavy atom. The van der Waals surface area contributed by atoms with Gasteiger partial charge in [0, 0.05) is 61.3 Å². The first-order chi connectivity index (χ1) is 16.3. The zero-order valence-corrected chi connectivity index (χ0v) is 21.1. The van der Waals surface area contributed by atoms with Gasteiger partial charge in [-0.05, 0) is 63.2 Å². The van der Waals surface area contributed by atoms with Crippen LogP contribution in [0.25, 0.3) is 11.1 Å². The number of benzene rings is 2. The van der Waals surface area contributed by atoms with Crippen molar-refractivity contribution in [2.45, 2.75) is 26.8 Å². The largest absolute Gasteiger partial charge is 0.496 e. The molecule has 1 saturated heterocycles. The number of aromatic nitrogens is 2. The van der Waals surface area contributed by atoms with E-state index in [9.17, 15) is 4.79 Å². The van der Waals surface area contributed by atoms with Gasteiger partial charge < -0.3 is 19.9 Å². The lowest BCUT2D eigenvalue weighted by molar-refractivity contribution is 0.0939. The molecule has 1 fully saturated rings. The molecular formula is C27H35N5O2. The summed E-state index contributed by atoms with van der Waals surface area (Å²) in [5, 5.41) is 7.57. The van der Waals surface area contributed by atoms with E-state index in [1.165, 1.54) is 0 Å². The van der Waals surface area contributed by atoms with E-state index in [2.05, 4.69) is 39.4 Å². The van der Waals surface area contributed by atoms with Gasteiger partial charge in [-0.3, -0.25) is 9.48 Å². The third-order valence-corrected chi connectivity index (χ3v) is 6.93. The van der Waals surface area contributed by atoms with Crippen LogP contribution in [0.1, 0.15) is 40.1 Å². The number of amides is 1. The quantitative estimate of drug-likeness (QED) is 0.602. The zero-order chi connectivity index (χ0) is 24.4. The summed E-state index contributed by atoms with van der Waals surface area (Å²) >= 11 is 0. The highest BCUT2D eigenvalue weighted by Crippen LogP contribution is 2.34. The Bertz CT molecular complexity index is 1180. The van der Waals surface area contributed by atoms with E-state index < -0.39 is 0 Å². The van der Waals surface area contributed by atoms with Crippen LogP contribution in [0.4, 0.5) is 5.69 Å². The second kappa shape index (κ2) is 9.89. The number of aryl methyl sites for hydroxylation is 2. The minimum Gasteiger partial charge on any atom is -0.496 e. The molecule has 0 aliphatic carbocycles. The summed E-state index contributed by atoms with van der Waals surface area (Å²) in [7, 11) is 5.75. The third kappa shape index (κ3) is 4.80. The number of anilines is 1. The number of carbonyl (C=O) groups is 1. The van der Waals surface area contributed by atoms with E-state index in [0.717, 1.165) is 71.1 Å². The van der Waals surface area contributed by atoms with Crippen molar-refractivity contribution < 1.29 is 9.53 Å². The van der Waals surface area contributed by atoms with Crippen molar-refractivity contribution in [3.05, 3.63) is 65.0 Å². The summed E-state index contributed by atoms with van der Waals surface area (Å²) in [6.45, 7) is 10.0. The van der Waals surface area contributed by atoms with Gasteiger partial charge >= 0.3 is 0 Å². The number of nitrogens with zero attached hydrogens (tertiary/aromatic N) is 4. The maximum atomic E-state index is 13.3. The van der Waals surface area contributed by atoms with Crippen molar-refractivity contribution in [1.29, 1.82) is 0 Å². The number of carbonyl (C=O) groups excluding carboxylic acids is 1. The van der Waals surface area contributed by atoms with Gasteiger partial charge in [0.1, 0.15) is 5.75 Å². The Labute approximate surface area is 202 Å². The van der Waals surface area contributed by atoms with Gasteiger partial charge in [-0.15, -0.1) is 0 Å². The van der Waals surface area contributed by atoms with Crippen LogP contribution < -0.4 is 15.0 Å². The van der Waals surface area contributed by atoms with E-state index in [1.54, 1.807) is 7.11 Å². The highest BCUT2D eigenvalue weighted by Gasteiger charge is 2.20. The molecule has 0 bridgehead atoms. The van der Waals surface area contributed by atoms with Crippen LogP contribution in [0.3, 0.4) is 0 Å². The number of rotatable bonds is 6. The molecule has 7 nitrogen and oxygen atoms in total. The van der Waals surface area contributed by atoms with Gasteiger partial charge in [-0.2, -0.15) is 5.10 Å². The van der Waals surface area contributed by atoms with Crippen LogP contribution in [0, 0.1) is 13.8 Å². The lowest BCUT2D eigenvalue weighted by Gasteiger charge is -2.34. The van der Waals surface area contributed by atoms with Crippen molar-refractivity contribution in [1.82, 2.24) is 20.0 Å². The summed E-state index contributed by atoms with van der Waals surface area (Å²) in [5.41, 5.74) is 6.87. The van der Waals surface area contributed by atoms with Crippen LogP contribution >= 0.6 is 0 Å². The summed E-state index contributed by atoms with van der Waals surface area (Å²) in [6.07, 6.45) is 1.85. The second-order valence-corrected chi connectivity index (χ2v) is 9.21. The molecule has 1 aliphatic heterocycles. The molecular weight excluding hydrogens is 426 g/mol. The first-order valence-corrected chi connectivity index (χ1v) is 11.8. The minimum absolute atomic E-state index is 0.0593. The number of methoxy groups -OCH3 is 1. The minimum atomic E-state index is -0.166. The van der Waals surface area contributed by atoms with E-state index in [4.69, 9.17) is 4.74 Å². The molecule has 180 valence electrons. The third-order valence-electron chi connectivity index (χ3n) is 6.93. The maximum Gasteiger partial charge on any atom is 0.252 e. The molecule has 3 aromatic rings. The van der Waals surface area contributed by atoms with E-state index in [-0.39, 0.29) is 11.9 Å². The Morgan fingerprint density at radius 1 is 1.03 bits per heavy atom. The highest BCUT2D eigenvalue weighted by molar-refractivity contribution is 5.97. The first kappa shape index (κ1) is 23.8. The number of ether oxygens (including phenoxy) is 1. The van der Waals surface area contributed by atoms with Crippen molar-refractivity contribution in [2.24, 2.45) is 7.05 Å². The molecule has 1 aliphatic rings. The summed E-state index contributed by atoms with van der Waals surface area (Å²) in [4.78, 5) is 18.0. The number of hydrogen-bond acceptors (Lipinski definition) is 5. The standard InChI is InChI=1S/C27H35N5O2/c1-18-7-9-22(32-13-11-30(4)12-14-32)16-23(18)27(33)29-19(2)21-8-10-26(34-6)24(15-21)25-17-28-31(5)20(25)3/h7-10,15-17,19H,11-14H2,1-6H3,(H,29,33)/t19-/m1/s1. The molecule has 4 rings (SSSR count). The molecule has 1 atom stereocenters. The summed E-state index contributed by atoms with van der Waals surface area (Å²) in [6, 6.07) is 12.1. The number of nitrogens with one attached hydrogen (secondary N) is 1. The molecule has 0 radical (unpaired) electrons. The predicted molar refractivity (Wildman–Crippen MR) is 137 cm³/mol. The number of piperazine rings is 1. The molecule has 0 unspecified atom stereocenters. The zero-order valence-electron chi connectivity index (χ0n) is 21.1. The van der Waals surface area contributed by atoms with E-state index in [0.29, 0.717) is 0 Å². The molecule has 7 heteroatoms. The van der Waals surface area contributed by atoms with Crippen molar-refractivity contribution in [3.63, 3.8) is 0 Å². The molecule has 2 aromatic carbocycles. The second-order valence-electron chi connectivity index (χ2n) is 9.21. The highest BCUT2D eigenvalue weighted by atomic mass is 16.5. The van der Waals surface area contributed by atoms with Crippen molar-refractivity contribution >= 4 is 11.6 Å². The van der Waals surface area contributed by atoms with E-state index >= 15 is 0 Å². The van der Waals surface area contributed by atoms with Crippen LogP contribution in [0.5, 0.6) is 5.75 Å². The van der Waals surface area contributed by atoms with Crippen LogP contribution in [0.15, 0.2) is 42.6 Å². The fourth-order valence-corrected chi connectivity index (χ4v) is 4.44.